The number of carboxylic acid groups (broad SMARTS) is 1. The van der Waals surface area contributed by atoms with Gasteiger partial charge in [-0.2, -0.15) is 26.3 Å². The van der Waals surface area contributed by atoms with Crippen LogP contribution in [0.3, 0.4) is 0 Å². The number of aromatic carboxylic acids is 1. The highest BCUT2D eigenvalue weighted by Gasteiger charge is 2.37. The van der Waals surface area contributed by atoms with E-state index in [1.54, 1.807) is 0 Å². The molecule has 3 aromatic heterocycles. The first-order chi connectivity index (χ1) is 18.8. The monoisotopic (exact) mass is 564 g/mol. The molecule has 4 aromatic rings. The van der Waals surface area contributed by atoms with Gasteiger partial charge in [0.2, 0.25) is 5.82 Å². The Morgan fingerprint density at radius 1 is 1.05 bits per heavy atom. The first-order valence-electron chi connectivity index (χ1n) is 12.3. The van der Waals surface area contributed by atoms with E-state index < -0.39 is 41.0 Å². The highest BCUT2D eigenvalue weighted by atomic mass is 19.4. The van der Waals surface area contributed by atoms with Crippen LogP contribution in [0, 0.1) is 5.92 Å². The average Bonchev–Trinajstić information content (AvgIpc) is 3.20. The number of fused-ring (bicyclic) bond motifs is 1. The van der Waals surface area contributed by atoms with Gasteiger partial charge in [0.1, 0.15) is 11.2 Å². The molecule has 1 saturated carbocycles. The van der Waals surface area contributed by atoms with Crippen molar-refractivity contribution in [3.8, 4) is 11.5 Å². The van der Waals surface area contributed by atoms with E-state index in [-0.39, 0.29) is 41.3 Å². The Morgan fingerprint density at radius 3 is 2.33 bits per heavy atom. The zero-order chi connectivity index (χ0) is 28.8. The Hall–Kier alpha value is -4.23. The van der Waals surface area contributed by atoms with Crippen LogP contribution in [-0.2, 0) is 18.9 Å². The van der Waals surface area contributed by atoms with Crippen molar-refractivity contribution in [3.63, 3.8) is 0 Å². The standard InChI is InChI=1S/C26H22F6N6O2/c1-13(15-4-2-5-15)34-20-19-21(36-22(35-20)24(39)40)37-23(18-17(26(30,31)32)6-3-11-33-18)38(19)12-14-7-9-16(10-8-14)25(27,28)29/h3,6-11,13,15H,2,4-5,12H2,1H3,(H,39,40)(H,34,35,36). The van der Waals surface area contributed by atoms with Crippen molar-refractivity contribution in [3.05, 3.63) is 65.1 Å². The Labute approximate surface area is 223 Å². The predicted octanol–water partition coefficient (Wildman–Crippen LogP) is 6.27. The van der Waals surface area contributed by atoms with Gasteiger partial charge < -0.3 is 15.0 Å². The summed E-state index contributed by atoms with van der Waals surface area (Å²) in [5, 5.41) is 12.8. The second kappa shape index (κ2) is 10.1. The maximum Gasteiger partial charge on any atom is 0.418 e. The van der Waals surface area contributed by atoms with Crippen molar-refractivity contribution in [1.29, 1.82) is 0 Å². The predicted molar refractivity (Wildman–Crippen MR) is 131 cm³/mol. The van der Waals surface area contributed by atoms with Crippen LogP contribution in [0.4, 0.5) is 32.2 Å². The van der Waals surface area contributed by atoms with E-state index in [0.29, 0.717) is 5.56 Å². The lowest BCUT2D eigenvalue weighted by molar-refractivity contribution is -0.138. The molecule has 5 rings (SSSR count). The van der Waals surface area contributed by atoms with E-state index in [1.807, 2.05) is 6.92 Å². The summed E-state index contributed by atoms with van der Waals surface area (Å²) in [6, 6.07) is 5.93. The van der Waals surface area contributed by atoms with Gasteiger partial charge in [0.15, 0.2) is 17.3 Å². The van der Waals surface area contributed by atoms with Gasteiger partial charge >= 0.3 is 18.3 Å². The molecule has 1 atom stereocenters. The highest BCUT2D eigenvalue weighted by Crippen LogP contribution is 2.38. The number of nitrogens with zero attached hydrogens (tertiary/aromatic N) is 5. The van der Waals surface area contributed by atoms with Crippen LogP contribution in [0.5, 0.6) is 0 Å². The van der Waals surface area contributed by atoms with Crippen molar-refractivity contribution in [2.24, 2.45) is 5.92 Å². The maximum absolute atomic E-state index is 14.0. The topological polar surface area (TPSA) is 106 Å². The van der Waals surface area contributed by atoms with Crippen LogP contribution in [0.1, 0.15) is 53.5 Å². The molecule has 0 bridgehead atoms. The van der Waals surface area contributed by atoms with Crippen molar-refractivity contribution in [2.45, 2.75) is 51.1 Å². The number of benzene rings is 1. The lowest BCUT2D eigenvalue weighted by Gasteiger charge is -2.32. The van der Waals surface area contributed by atoms with E-state index >= 15 is 0 Å². The molecule has 1 aliphatic rings. The molecule has 210 valence electrons. The fourth-order valence-corrected chi connectivity index (χ4v) is 4.63. The molecule has 2 N–H and O–H groups in total. The molecular formula is C26H22F6N6O2. The Bertz CT molecular complexity index is 1560. The lowest BCUT2D eigenvalue weighted by Crippen LogP contribution is -2.31. The van der Waals surface area contributed by atoms with E-state index in [1.165, 1.54) is 16.7 Å². The molecule has 1 aliphatic carbocycles. The largest absolute Gasteiger partial charge is 0.475 e. The molecule has 1 aromatic carbocycles. The Morgan fingerprint density at radius 2 is 1.75 bits per heavy atom. The maximum atomic E-state index is 14.0. The van der Waals surface area contributed by atoms with Crippen LogP contribution in [0.15, 0.2) is 42.6 Å². The van der Waals surface area contributed by atoms with Gasteiger partial charge in [0.25, 0.3) is 0 Å². The molecule has 0 radical (unpaired) electrons. The third kappa shape index (κ3) is 5.29. The minimum Gasteiger partial charge on any atom is -0.475 e. The number of halogens is 6. The van der Waals surface area contributed by atoms with Gasteiger partial charge in [0, 0.05) is 18.8 Å². The molecule has 0 amide bonds. The van der Waals surface area contributed by atoms with E-state index in [9.17, 15) is 36.2 Å². The quantitative estimate of drug-likeness (QED) is 0.255. The number of pyridine rings is 1. The fourth-order valence-electron chi connectivity index (χ4n) is 4.63. The van der Waals surface area contributed by atoms with Crippen LogP contribution >= 0.6 is 0 Å². The number of aromatic nitrogens is 5. The molecule has 1 unspecified atom stereocenters. The molecule has 14 heteroatoms. The van der Waals surface area contributed by atoms with Crippen LogP contribution in [0.25, 0.3) is 22.7 Å². The first-order valence-corrected chi connectivity index (χ1v) is 12.3. The summed E-state index contributed by atoms with van der Waals surface area (Å²) < 4.78 is 82.6. The zero-order valence-electron chi connectivity index (χ0n) is 20.9. The minimum absolute atomic E-state index is 0.0388. The second-order valence-corrected chi connectivity index (χ2v) is 9.61. The number of rotatable bonds is 7. The normalized spacial score (nSPS) is 15.2. The fraction of sp³-hybridized carbons (Fsp3) is 0.346. The summed E-state index contributed by atoms with van der Waals surface area (Å²) >= 11 is 0. The summed E-state index contributed by atoms with van der Waals surface area (Å²) in [6.07, 6.45) is -5.32. The van der Waals surface area contributed by atoms with Gasteiger partial charge in [-0.25, -0.2) is 19.7 Å². The summed E-state index contributed by atoms with van der Waals surface area (Å²) in [5.74, 6) is -2.06. The van der Waals surface area contributed by atoms with Crippen molar-refractivity contribution >= 4 is 23.0 Å². The number of carbonyl (C=O) groups is 1. The van der Waals surface area contributed by atoms with Crippen LogP contribution in [0.2, 0.25) is 0 Å². The summed E-state index contributed by atoms with van der Waals surface area (Å²) in [6.45, 7) is 1.66. The average molecular weight is 564 g/mol. The van der Waals surface area contributed by atoms with E-state index in [2.05, 4.69) is 25.3 Å². The highest BCUT2D eigenvalue weighted by molar-refractivity contribution is 5.92. The molecule has 0 saturated heterocycles. The third-order valence-corrected chi connectivity index (χ3v) is 6.96. The minimum atomic E-state index is -4.81. The third-order valence-electron chi connectivity index (χ3n) is 6.96. The van der Waals surface area contributed by atoms with E-state index in [0.717, 1.165) is 49.7 Å². The number of hydrogen-bond donors (Lipinski definition) is 2. The van der Waals surface area contributed by atoms with Crippen molar-refractivity contribution < 1.29 is 36.2 Å². The van der Waals surface area contributed by atoms with Gasteiger partial charge in [-0.3, -0.25) is 4.98 Å². The number of nitrogens with one attached hydrogen (secondary N) is 1. The second-order valence-electron chi connectivity index (χ2n) is 9.61. The first kappa shape index (κ1) is 27.3. The Balaban J connectivity index is 1.73. The summed E-state index contributed by atoms with van der Waals surface area (Å²) in [4.78, 5) is 28.1. The van der Waals surface area contributed by atoms with Crippen LogP contribution in [-0.4, -0.2) is 41.6 Å². The number of carboxylic acids is 1. The number of anilines is 1. The molecular weight excluding hydrogens is 542 g/mol. The molecule has 0 aliphatic heterocycles. The molecule has 1 fully saturated rings. The zero-order valence-corrected chi connectivity index (χ0v) is 20.9. The van der Waals surface area contributed by atoms with Gasteiger partial charge in [-0.15, -0.1) is 0 Å². The number of imidazole rings is 1. The summed E-state index contributed by atoms with van der Waals surface area (Å²) in [7, 11) is 0. The lowest BCUT2D eigenvalue weighted by atomic mass is 9.80. The SMILES string of the molecule is CC(Nc1nc(C(=O)O)nc2nc(-c3ncccc3C(F)(F)F)n(Cc3ccc(C(F)(F)F)cc3)c12)C1CCC1. The summed E-state index contributed by atoms with van der Waals surface area (Å²) in [5.41, 5.74) is -2.31. The van der Waals surface area contributed by atoms with Crippen LogP contribution < -0.4 is 5.32 Å². The smallest absolute Gasteiger partial charge is 0.418 e. The molecule has 40 heavy (non-hydrogen) atoms. The van der Waals surface area contributed by atoms with Gasteiger partial charge in [-0.05, 0) is 55.5 Å². The number of alkyl halides is 6. The molecule has 0 spiro atoms. The number of hydrogen-bond acceptors (Lipinski definition) is 6. The van der Waals surface area contributed by atoms with Crippen molar-refractivity contribution in [2.75, 3.05) is 5.32 Å². The van der Waals surface area contributed by atoms with E-state index in [4.69, 9.17) is 0 Å². The van der Waals surface area contributed by atoms with Gasteiger partial charge in [0.05, 0.1) is 11.1 Å². The molecule has 3 heterocycles. The molecule has 8 nitrogen and oxygen atoms in total. The van der Waals surface area contributed by atoms with Gasteiger partial charge in [-0.1, -0.05) is 18.6 Å². The van der Waals surface area contributed by atoms with Crippen molar-refractivity contribution in [1.82, 2.24) is 24.5 Å². The Kier molecular flexibility index (Phi) is 6.88.